The Balaban J connectivity index is 1.40. The lowest BCUT2D eigenvalue weighted by molar-refractivity contribution is 0.404. The van der Waals surface area contributed by atoms with Gasteiger partial charge in [-0.2, -0.15) is 0 Å². The number of thioether (sulfide) groups is 1. The highest BCUT2D eigenvalue weighted by Gasteiger charge is 2.13. The van der Waals surface area contributed by atoms with Crippen LogP contribution in [-0.4, -0.2) is 24.6 Å². The molecule has 0 spiro atoms. The van der Waals surface area contributed by atoms with Crippen LogP contribution in [-0.2, 0) is 12.2 Å². The summed E-state index contributed by atoms with van der Waals surface area (Å²) in [5.74, 6) is 2.39. The molecule has 0 saturated carbocycles. The number of nitrogens with zero attached hydrogens (tertiary/aromatic N) is 5. The van der Waals surface area contributed by atoms with Gasteiger partial charge in [0.05, 0.1) is 5.69 Å². The quantitative estimate of drug-likeness (QED) is 0.463. The topological polar surface area (TPSA) is 69.1 Å². The Hall–Kier alpha value is -2.67. The van der Waals surface area contributed by atoms with E-state index in [2.05, 4.69) is 46.1 Å². The van der Waals surface area contributed by atoms with Gasteiger partial charge in [-0.15, -0.1) is 10.2 Å². The molecule has 4 aromatic rings. The van der Waals surface area contributed by atoms with Gasteiger partial charge in [-0.1, -0.05) is 49.0 Å². The smallest absolute Gasteiger partial charge is 0.276 e. The second kappa shape index (κ2) is 7.52. The summed E-state index contributed by atoms with van der Waals surface area (Å²) in [7, 11) is 0. The van der Waals surface area contributed by atoms with E-state index in [9.17, 15) is 0 Å². The standard InChI is InChI=1S/C20H21N5OS/c1-13(16-7-5-4-6-8-16)9-18-23-24-20(26-18)27-12-17-11-25-15(3)10-14(2)21-19(25)22-17/h4-8,10-11,13H,9,12H2,1-3H3. The number of aryl methyl sites for hydroxylation is 2. The van der Waals surface area contributed by atoms with Gasteiger partial charge in [-0.3, -0.25) is 4.40 Å². The molecule has 3 heterocycles. The zero-order chi connectivity index (χ0) is 18.8. The molecule has 1 atom stereocenters. The Kier molecular flexibility index (Phi) is 4.94. The Morgan fingerprint density at radius 2 is 1.93 bits per heavy atom. The molecule has 0 aliphatic heterocycles. The van der Waals surface area contributed by atoms with Gasteiger partial charge >= 0.3 is 0 Å². The average molecular weight is 379 g/mol. The van der Waals surface area contributed by atoms with Crippen molar-refractivity contribution >= 4 is 17.5 Å². The summed E-state index contributed by atoms with van der Waals surface area (Å²) in [6.07, 6.45) is 2.74. The fourth-order valence-corrected chi connectivity index (χ4v) is 3.73. The first-order valence-corrected chi connectivity index (χ1v) is 9.89. The van der Waals surface area contributed by atoms with Crippen LogP contribution >= 0.6 is 11.8 Å². The minimum atomic E-state index is 0.334. The summed E-state index contributed by atoms with van der Waals surface area (Å²) in [6, 6.07) is 12.4. The SMILES string of the molecule is Cc1cc(C)n2cc(CSc3nnc(CC(C)c4ccccc4)o3)nc2n1. The highest BCUT2D eigenvalue weighted by molar-refractivity contribution is 7.98. The van der Waals surface area contributed by atoms with Crippen LogP contribution in [0.3, 0.4) is 0 Å². The first kappa shape index (κ1) is 17.7. The average Bonchev–Trinajstić information content (AvgIpc) is 3.27. The van der Waals surface area contributed by atoms with E-state index in [4.69, 9.17) is 4.42 Å². The van der Waals surface area contributed by atoms with Crippen LogP contribution in [0.25, 0.3) is 5.78 Å². The fraction of sp³-hybridized carbons (Fsp3) is 0.300. The number of fused-ring (bicyclic) bond motifs is 1. The third-order valence-electron chi connectivity index (χ3n) is 4.45. The number of aromatic nitrogens is 5. The first-order chi connectivity index (χ1) is 13.1. The van der Waals surface area contributed by atoms with E-state index in [1.54, 1.807) is 0 Å². The maximum Gasteiger partial charge on any atom is 0.276 e. The third kappa shape index (κ3) is 4.03. The van der Waals surface area contributed by atoms with Crippen molar-refractivity contribution < 1.29 is 4.42 Å². The van der Waals surface area contributed by atoms with Gasteiger partial charge < -0.3 is 4.42 Å². The van der Waals surface area contributed by atoms with Crippen LogP contribution in [0, 0.1) is 13.8 Å². The number of hydrogen-bond acceptors (Lipinski definition) is 6. The second-order valence-electron chi connectivity index (χ2n) is 6.71. The predicted octanol–water partition coefficient (Wildman–Crippen LogP) is 4.37. The highest BCUT2D eigenvalue weighted by atomic mass is 32.2. The van der Waals surface area contributed by atoms with E-state index in [-0.39, 0.29) is 0 Å². The van der Waals surface area contributed by atoms with Crippen molar-refractivity contribution in [1.82, 2.24) is 24.6 Å². The molecule has 0 N–H and O–H groups in total. The molecule has 0 amide bonds. The Morgan fingerprint density at radius 3 is 2.74 bits per heavy atom. The van der Waals surface area contributed by atoms with E-state index < -0.39 is 0 Å². The van der Waals surface area contributed by atoms with Crippen molar-refractivity contribution in [3.8, 4) is 0 Å². The van der Waals surface area contributed by atoms with Crippen molar-refractivity contribution in [2.45, 2.75) is 44.1 Å². The van der Waals surface area contributed by atoms with E-state index in [0.717, 1.165) is 29.3 Å². The first-order valence-electron chi connectivity index (χ1n) is 8.91. The molecular formula is C20H21N5OS. The molecule has 0 radical (unpaired) electrons. The molecule has 0 aliphatic carbocycles. The molecule has 3 aromatic heterocycles. The molecule has 0 aliphatic rings. The van der Waals surface area contributed by atoms with Crippen LogP contribution in [0.5, 0.6) is 0 Å². The minimum Gasteiger partial charge on any atom is -0.416 e. The summed E-state index contributed by atoms with van der Waals surface area (Å²) in [5.41, 5.74) is 4.31. The van der Waals surface area contributed by atoms with Crippen LogP contribution in [0.15, 0.2) is 52.2 Å². The number of benzene rings is 1. The molecule has 0 fully saturated rings. The lowest BCUT2D eigenvalue weighted by Crippen LogP contribution is -1.98. The maximum atomic E-state index is 5.80. The highest BCUT2D eigenvalue weighted by Crippen LogP contribution is 2.24. The van der Waals surface area contributed by atoms with Gasteiger partial charge in [0, 0.05) is 29.8 Å². The van der Waals surface area contributed by atoms with Gasteiger partial charge in [0.15, 0.2) is 0 Å². The van der Waals surface area contributed by atoms with Gasteiger partial charge in [0.2, 0.25) is 11.7 Å². The zero-order valence-electron chi connectivity index (χ0n) is 15.6. The Labute approximate surface area is 162 Å². The van der Waals surface area contributed by atoms with Gasteiger partial charge in [0.25, 0.3) is 5.22 Å². The van der Waals surface area contributed by atoms with Crippen LogP contribution in [0.1, 0.15) is 41.4 Å². The van der Waals surface area contributed by atoms with Crippen LogP contribution in [0.4, 0.5) is 0 Å². The monoisotopic (exact) mass is 379 g/mol. The number of hydrogen-bond donors (Lipinski definition) is 0. The molecule has 1 aromatic carbocycles. The van der Waals surface area contributed by atoms with E-state index in [1.165, 1.54) is 17.3 Å². The fourth-order valence-electron chi connectivity index (χ4n) is 3.06. The summed E-state index contributed by atoms with van der Waals surface area (Å²) in [6.45, 7) is 6.20. The van der Waals surface area contributed by atoms with Crippen molar-refractivity contribution in [3.63, 3.8) is 0 Å². The predicted molar refractivity (Wildman–Crippen MR) is 105 cm³/mol. The largest absolute Gasteiger partial charge is 0.416 e. The Morgan fingerprint density at radius 1 is 1.11 bits per heavy atom. The van der Waals surface area contributed by atoms with Crippen molar-refractivity contribution in [1.29, 1.82) is 0 Å². The molecule has 138 valence electrons. The number of imidazole rings is 1. The van der Waals surface area contributed by atoms with Crippen molar-refractivity contribution in [2.24, 2.45) is 0 Å². The molecule has 6 nitrogen and oxygen atoms in total. The molecule has 0 bridgehead atoms. The summed E-state index contributed by atoms with van der Waals surface area (Å²) in [5, 5.41) is 8.92. The normalized spacial score (nSPS) is 12.6. The van der Waals surface area contributed by atoms with E-state index >= 15 is 0 Å². The zero-order valence-corrected chi connectivity index (χ0v) is 16.4. The maximum absolute atomic E-state index is 5.80. The molecule has 4 rings (SSSR count). The lowest BCUT2D eigenvalue weighted by Gasteiger charge is -2.08. The van der Waals surface area contributed by atoms with E-state index in [0.29, 0.717) is 22.8 Å². The minimum absolute atomic E-state index is 0.334. The van der Waals surface area contributed by atoms with Crippen LogP contribution < -0.4 is 0 Å². The molecule has 7 heteroatoms. The lowest BCUT2D eigenvalue weighted by atomic mass is 9.98. The summed E-state index contributed by atoms with van der Waals surface area (Å²) >= 11 is 1.50. The van der Waals surface area contributed by atoms with Crippen molar-refractivity contribution in [3.05, 3.63) is 71.1 Å². The van der Waals surface area contributed by atoms with Crippen molar-refractivity contribution in [2.75, 3.05) is 0 Å². The van der Waals surface area contributed by atoms with Gasteiger partial charge in [0.1, 0.15) is 0 Å². The Bertz CT molecular complexity index is 1060. The molecule has 1 unspecified atom stereocenters. The molecular weight excluding hydrogens is 358 g/mol. The van der Waals surface area contributed by atoms with E-state index in [1.807, 2.05) is 41.8 Å². The van der Waals surface area contributed by atoms with Gasteiger partial charge in [-0.05, 0) is 31.4 Å². The summed E-state index contributed by atoms with van der Waals surface area (Å²) < 4.78 is 7.81. The molecule has 27 heavy (non-hydrogen) atoms. The third-order valence-corrected chi connectivity index (χ3v) is 5.30. The second-order valence-corrected chi connectivity index (χ2v) is 7.63. The summed E-state index contributed by atoms with van der Waals surface area (Å²) in [4.78, 5) is 9.05. The van der Waals surface area contributed by atoms with Gasteiger partial charge in [-0.25, -0.2) is 9.97 Å². The number of rotatable bonds is 6. The van der Waals surface area contributed by atoms with Crippen LogP contribution in [0.2, 0.25) is 0 Å². The molecule has 0 saturated heterocycles.